The number of likely N-dealkylation sites (tertiary alicyclic amines) is 1. The lowest BCUT2D eigenvalue weighted by Gasteiger charge is -2.34. The summed E-state index contributed by atoms with van der Waals surface area (Å²) in [5.74, 6) is 0.605. The summed E-state index contributed by atoms with van der Waals surface area (Å²) in [6.07, 6.45) is 3.23. The van der Waals surface area contributed by atoms with Gasteiger partial charge in [-0.1, -0.05) is 30.3 Å². The Kier molecular flexibility index (Phi) is 6.05. The van der Waals surface area contributed by atoms with Gasteiger partial charge in [0.05, 0.1) is 0 Å². The van der Waals surface area contributed by atoms with Crippen molar-refractivity contribution in [3.63, 3.8) is 0 Å². The molecule has 0 aromatic heterocycles. The molecule has 0 spiro atoms. The highest BCUT2D eigenvalue weighted by atomic mass is 16.2. The van der Waals surface area contributed by atoms with Gasteiger partial charge in [0, 0.05) is 26.2 Å². The van der Waals surface area contributed by atoms with Crippen LogP contribution in [0.3, 0.4) is 0 Å². The number of piperidine rings is 1. The molecule has 1 heterocycles. The fourth-order valence-corrected chi connectivity index (χ4v) is 2.99. The van der Waals surface area contributed by atoms with Crippen LogP contribution in [0, 0.1) is 5.92 Å². The van der Waals surface area contributed by atoms with Crippen LogP contribution in [0.25, 0.3) is 0 Å². The lowest BCUT2D eigenvalue weighted by atomic mass is 9.98. The minimum Gasteiger partial charge on any atom is -0.338 e. The van der Waals surface area contributed by atoms with E-state index >= 15 is 0 Å². The lowest BCUT2D eigenvalue weighted by Crippen LogP contribution is -2.47. The molecule has 4 nitrogen and oxygen atoms in total. The Labute approximate surface area is 128 Å². The average Bonchev–Trinajstić information content (AvgIpc) is 2.48. The fraction of sp³-hybridized carbons (Fsp3) is 0.588. The molecule has 0 bridgehead atoms. The molecule has 1 aromatic rings. The molecular weight excluding hydrogens is 262 g/mol. The largest absolute Gasteiger partial charge is 0.338 e. The smallest absolute Gasteiger partial charge is 0.317 e. The number of benzene rings is 1. The molecule has 2 rings (SSSR count). The van der Waals surface area contributed by atoms with E-state index in [-0.39, 0.29) is 6.03 Å². The Balaban J connectivity index is 1.72. The summed E-state index contributed by atoms with van der Waals surface area (Å²) >= 11 is 0. The number of hydrogen-bond acceptors (Lipinski definition) is 2. The number of carbonyl (C=O) groups excluding carboxylic acids is 1. The number of rotatable bonds is 5. The molecule has 116 valence electrons. The third-order valence-electron chi connectivity index (χ3n) is 3.96. The molecule has 0 saturated carbocycles. The van der Waals surface area contributed by atoms with Crippen molar-refractivity contribution >= 4 is 6.03 Å². The number of carbonyl (C=O) groups is 1. The second kappa shape index (κ2) is 8.03. The van der Waals surface area contributed by atoms with Crippen LogP contribution in [-0.2, 0) is 6.42 Å². The second-order valence-electron chi connectivity index (χ2n) is 6.18. The van der Waals surface area contributed by atoms with Crippen molar-refractivity contribution in [3.05, 3.63) is 35.9 Å². The third-order valence-corrected chi connectivity index (χ3v) is 3.96. The zero-order chi connectivity index (χ0) is 15.1. The third kappa shape index (κ3) is 5.38. The lowest BCUT2D eigenvalue weighted by molar-refractivity contribution is 0.153. The maximum Gasteiger partial charge on any atom is 0.317 e. The van der Waals surface area contributed by atoms with E-state index < -0.39 is 0 Å². The fourth-order valence-electron chi connectivity index (χ4n) is 2.99. The van der Waals surface area contributed by atoms with E-state index in [1.54, 1.807) is 0 Å². The van der Waals surface area contributed by atoms with Crippen LogP contribution in [0.2, 0.25) is 0 Å². The predicted octanol–water partition coefficient (Wildman–Crippen LogP) is 2.21. The Morgan fingerprint density at radius 2 is 2.10 bits per heavy atom. The van der Waals surface area contributed by atoms with E-state index in [1.807, 2.05) is 23.1 Å². The van der Waals surface area contributed by atoms with Crippen LogP contribution in [0.4, 0.5) is 4.79 Å². The van der Waals surface area contributed by atoms with E-state index in [2.05, 4.69) is 36.4 Å². The first-order chi connectivity index (χ1) is 10.1. The van der Waals surface area contributed by atoms with Crippen molar-refractivity contribution in [1.82, 2.24) is 15.1 Å². The van der Waals surface area contributed by atoms with E-state index in [1.165, 1.54) is 12.0 Å². The first kappa shape index (κ1) is 15.8. The SMILES string of the molecule is CN(C)C[C@H]1CCCN(C(=O)NCCc2ccccc2)C1. The molecule has 0 aliphatic carbocycles. The highest BCUT2D eigenvalue weighted by Crippen LogP contribution is 2.16. The molecule has 1 atom stereocenters. The summed E-state index contributed by atoms with van der Waals surface area (Å²) in [6.45, 7) is 3.54. The first-order valence-corrected chi connectivity index (χ1v) is 7.86. The molecule has 1 aromatic carbocycles. The van der Waals surface area contributed by atoms with E-state index in [4.69, 9.17) is 0 Å². The minimum absolute atomic E-state index is 0.0920. The van der Waals surface area contributed by atoms with Gasteiger partial charge in [0.2, 0.25) is 0 Å². The van der Waals surface area contributed by atoms with Crippen LogP contribution in [-0.4, -0.2) is 56.1 Å². The maximum absolute atomic E-state index is 12.2. The van der Waals surface area contributed by atoms with Crippen LogP contribution in [0.15, 0.2) is 30.3 Å². The highest BCUT2D eigenvalue weighted by molar-refractivity contribution is 5.74. The summed E-state index contributed by atoms with van der Waals surface area (Å²) in [6, 6.07) is 10.4. The summed E-state index contributed by atoms with van der Waals surface area (Å²) in [5.41, 5.74) is 1.27. The maximum atomic E-state index is 12.2. The molecule has 4 heteroatoms. The molecule has 1 saturated heterocycles. The number of amides is 2. The van der Waals surface area contributed by atoms with Gasteiger partial charge in [0.1, 0.15) is 0 Å². The van der Waals surface area contributed by atoms with Crippen LogP contribution < -0.4 is 5.32 Å². The molecule has 1 aliphatic rings. The van der Waals surface area contributed by atoms with Gasteiger partial charge in [-0.25, -0.2) is 4.79 Å². The van der Waals surface area contributed by atoms with Crippen LogP contribution in [0.1, 0.15) is 18.4 Å². The van der Waals surface area contributed by atoms with Gasteiger partial charge in [-0.3, -0.25) is 0 Å². The van der Waals surface area contributed by atoms with Gasteiger partial charge in [0.15, 0.2) is 0 Å². The molecule has 1 N–H and O–H groups in total. The van der Waals surface area contributed by atoms with Gasteiger partial charge in [-0.05, 0) is 44.8 Å². The van der Waals surface area contributed by atoms with Crippen LogP contribution >= 0.6 is 0 Å². The van der Waals surface area contributed by atoms with Crippen molar-refractivity contribution in [1.29, 1.82) is 0 Å². The quantitative estimate of drug-likeness (QED) is 0.902. The van der Waals surface area contributed by atoms with Crippen molar-refractivity contribution in [2.24, 2.45) is 5.92 Å². The summed E-state index contributed by atoms with van der Waals surface area (Å²) in [7, 11) is 4.19. The van der Waals surface area contributed by atoms with E-state index in [0.717, 1.165) is 32.5 Å². The molecule has 21 heavy (non-hydrogen) atoms. The topological polar surface area (TPSA) is 35.6 Å². The van der Waals surface area contributed by atoms with Crippen molar-refractivity contribution < 1.29 is 4.79 Å². The number of hydrogen-bond donors (Lipinski definition) is 1. The average molecular weight is 289 g/mol. The van der Waals surface area contributed by atoms with Crippen LogP contribution in [0.5, 0.6) is 0 Å². The zero-order valence-corrected chi connectivity index (χ0v) is 13.2. The van der Waals surface area contributed by atoms with Gasteiger partial charge < -0.3 is 15.1 Å². The Morgan fingerprint density at radius 1 is 1.33 bits per heavy atom. The Bertz CT molecular complexity index is 433. The van der Waals surface area contributed by atoms with Crippen molar-refractivity contribution in [3.8, 4) is 0 Å². The Hall–Kier alpha value is -1.55. The number of nitrogens with zero attached hydrogens (tertiary/aromatic N) is 2. The van der Waals surface area contributed by atoms with Gasteiger partial charge in [-0.15, -0.1) is 0 Å². The Morgan fingerprint density at radius 3 is 2.81 bits per heavy atom. The van der Waals surface area contributed by atoms with Crippen molar-refractivity contribution in [2.75, 3.05) is 40.3 Å². The summed E-state index contributed by atoms with van der Waals surface area (Å²) in [4.78, 5) is 16.4. The normalized spacial score (nSPS) is 18.8. The molecule has 0 radical (unpaired) electrons. The second-order valence-corrected chi connectivity index (χ2v) is 6.18. The van der Waals surface area contributed by atoms with Gasteiger partial charge in [0.25, 0.3) is 0 Å². The van der Waals surface area contributed by atoms with E-state index in [9.17, 15) is 4.79 Å². The molecular formula is C17H27N3O. The summed E-state index contributed by atoms with van der Waals surface area (Å²) in [5, 5.41) is 3.05. The molecule has 1 aliphatic heterocycles. The van der Waals surface area contributed by atoms with Crippen molar-refractivity contribution in [2.45, 2.75) is 19.3 Å². The first-order valence-electron chi connectivity index (χ1n) is 7.86. The standard InChI is InChI=1S/C17H27N3O/c1-19(2)13-16-9-6-12-20(14-16)17(21)18-11-10-15-7-4-3-5-8-15/h3-5,7-8,16H,6,9-14H2,1-2H3,(H,18,21)/t16-/m1/s1. The minimum atomic E-state index is 0.0920. The molecule has 1 fully saturated rings. The number of urea groups is 1. The van der Waals surface area contributed by atoms with Gasteiger partial charge in [-0.2, -0.15) is 0 Å². The predicted molar refractivity (Wildman–Crippen MR) is 86.4 cm³/mol. The van der Waals surface area contributed by atoms with E-state index in [0.29, 0.717) is 12.5 Å². The van der Waals surface area contributed by atoms with Gasteiger partial charge >= 0.3 is 6.03 Å². The number of nitrogens with one attached hydrogen (secondary N) is 1. The highest BCUT2D eigenvalue weighted by Gasteiger charge is 2.23. The molecule has 0 unspecified atom stereocenters. The zero-order valence-electron chi connectivity index (χ0n) is 13.2. The monoisotopic (exact) mass is 289 g/mol. The molecule has 2 amide bonds. The summed E-state index contributed by atoms with van der Waals surface area (Å²) < 4.78 is 0.